The maximum Gasteiger partial charge on any atom is 0.244 e. The lowest BCUT2D eigenvalue weighted by Crippen LogP contribution is -2.26. The molecule has 21 heavy (non-hydrogen) atoms. The second-order valence-electron chi connectivity index (χ2n) is 4.37. The summed E-state index contributed by atoms with van der Waals surface area (Å²) in [5, 5.41) is 9.07. The van der Waals surface area contributed by atoms with E-state index in [0.717, 1.165) is 0 Å². The highest BCUT2D eigenvalue weighted by Crippen LogP contribution is 2.24. The Balaban J connectivity index is 2.11. The van der Waals surface area contributed by atoms with E-state index in [0.29, 0.717) is 17.7 Å². The van der Waals surface area contributed by atoms with Gasteiger partial charge in [-0.1, -0.05) is 6.07 Å². The fourth-order valence-electron chi connectivity index (χ4n) is 1.87. The topological polar surface area (TPSA) is 88.8 Å². The summed E-state index contributed by atoms with van der Waals surface area (Å²) < 4.78 is 37.2. The molecule has 0 amide bonds. The van der Waals surface area contributed by atoms with Crippen LogP contribution < -0.4 is 9.46 Å². The number of hydrogen-bond donors (Lipinski definition) is 2. The van der Waals surface area contributed by atoms with Crippen molar-refractivity contribution in [1.29, 1.82) is 0 Å². The minimum atomic E-state index is -3.68. The van der Waals surface area contributed by atoms with Crippen LogP contribution >= 0.6 is 0 Å². The Labute approximate surface area is 123 Å². The molecule has 2 rings (SSSR count). The predicted octanol–water partition coefficient (Wildman–Crippen LogP) is 1.30. The van der Waals surface area contributed by atoms with Crippen LogP contribution in [-0.2, 0) is 23.1 Å². The summed E-state index contributed by atoms with van der Waals surface area (Å²) in [7, 11) is -2.29. The second kappa shape index (κ2) is 6.75. The van der Waals surface area contributed by atoms with Crippen molar-refractivity contribution in [2.24, 2.45) is 0 Å². The van der Waals surface area contributed by atoms with Crippen LogP contribution in [0.2, 0.25) is 0 Å². The van der Waals surface area contributed by atoms with E-state index in [1.165, 1.54) is 19.2 Å². The molecular formula is C14H17NO5S. The van der Waals surface area contributed by atoms with Gasteiger partial charge in [0, 0.05) is 13.0 Å². The maximum absolute atomic E-state index is 12.3. The van der Waals surface area contributed by atoms with Gasteiger partial charge in [-0.3, -0.25) is 0 Å². The molecule has 1 aromatic carbocycles. The molecule has 0 aliphatic heterocycles. The van der Waals surface area contributed by atoms with Crippen LogP contribution in [0.5, 0.6) is 5.75 Å². The number of ether oxygens (including phenoxy) is 1. The first-order valence-corrected chi connectivity index (χ1v) is 7.85. The van der Waals surface area contributed by atoms with E-state index in [4.69, 9.17) is 14.3 Å². The quantitative estimate of drug-likeness (QED) is 0.804. The van der Waals surface area contributed by atoms with Gasteiger partial charge in [-0.2, -0.15) is 0 Å². The molecule has 1 heterocycles. The zero-order chi connectivity index (χ0) is 15.3. The SMILES string of the molecule is COc1cc(CO)ccc1S(=O)(=O)NCCc1ccco1. The third-order valence-corrected chi connectivity index (χ3v) is 4.44. The summed E-state index contributed by atoms with van der Waals surface area (Å²) in [6.45, 7) is 0.0450. The predicted molar refractivity (Wildman–Crippen MR) is 76.5 cm³/mol. The van der Waals surface area contributed by atoms with Crippen LogP contribution in [-0.4, -0.2) is 27.2 Å². The van der Waals surface area contributed by atoms with Crippen molar-refractivity contribution in [2.75, 3.05) is 13.7 Å². The summed E-state index contributed by atoms with van der Waals surface area (Å²) in [5.74, 6) is 0.910. The van der Waals surface area contributed by atoms with E-state index >= 15 is 0 Å². The molecule has 0 fully saturated rings. The number of nitrogens with one attached hydrogen (secondary N) is 1. The van der Waals surface area contributed by atoms with Crippen molar-refractivity contribution in [2.45, 2.75) is 17.9 Å². The first kappa shape index (κ1) is 15.6. The zero-order valence-electron chi connectivity index (χ0n) is 11.6. The van der Waals surface area contributed by atoms with E-state index in [1.54, 1.807) is 24.5 Å². The van der Waals surface area contributed by atoms with E-state index in [-0.39, 0.29) is 23.8 Å². The summed E-state index contributed by atoms with van der Waals surface area (Å²) in [6, 6.07) is 8.00. The Hall–Kier alpha value is -1.83. The lowest BCUT2D eigenvalue weighted by molar-refractivity contribution is 0.280. The molecule has 1 aromatic heterocycles. The molecule has 0 bridgehead atoms. The summed E-state index contributed by atoms with van der Waals surface area (Å²) in [6.07, 6.45) is 2.00. The van der Waals surface area contributed by atoms with Crippen LogP contribution in [0, 0.1) is 0 Å². The third-order valence-electron chi connectivity index (χ3n) is 2.94. The monoisotopic (exact) mass is 311 g/mol. The first-order chi connectivity index (χ1) is 10.1. The van der Waals surface area contributed by atoms with Gasteiger partial charge in [0.1, 0.15) is 16.4 Å². The highest BCUT2D eigenvalue weighted by atomic mass is 32.2. The lowest BCUT2D eigenvalue weighted by Gasteiger charge is -2.11. The Morgan fingerprint density at radius 1 is 1.33 bits per heavy atom. The summed E-state index contributed by atoms with van der Waals surface area (Å²) in [4.78, 5) is 0.0432. The fraction of sp³-hybridized carbons (Fsp3) is 0.286. The lowest BCUT2D eigenvalue weighted by atomic mass is 10.2. The number of aliphatic hydroxyl groups is 1. The second-order valence-corrected chi connectivity index (χ2v) is 6.11. The molecule has 7 heteroatoms. The third kappa shape index (κ3) is 3.84. The van der Waals surface area contributed by atoms with Crippen molar-refractivity contribution in [1.82, 2.24) is 4.72 Å². The van der Waals surface area contributed by atoms with Crippen molar-refractivity contribution in [3.8, 4) is 5.75 Å². The molecule has 0 atom stereocenters. The van der Waals surface area contributed by atoms with Crippen molar-refractivity contribution >= 4 is 10.0 Å². The Kier molecular flexibility index (Phi) is 5.00. The van der Waals surface area contributed by atoms with E-state index in [2.05, 4.69) is 4.72 Å². The van der Waals surface area contributed by atoms with Gasteiger partial charge in [0.05, 0.1) is 20.0 Å². The molecule has 2 aromatic rings. The van der Waals surface area contributed by atoms with Gasteiger partial charge < -0.3 is 14.3 Å². The Morgan fingerprint density at radius 2 is 2.14 bits per heavy atom. The van der Waals surface area contributed by atoms with Gasteiger partial charge in [-0.25, -0.2) is 13.1 Å². The molecule has 0 radical (unpaired) electrons. The normalized spacial score (nSPS) is 11.5. The average Bonchev–Trinajstić information content (AvgIpc) is 2.99. The number of rotatable bonds is 7. The largest absolute Gasteiger partial charge is 0.495 e. The minimum absolute atomic E-state index is 0.0432. The number of benzene rings is 1. The molecule has 0 saturated heterocycles. The fourth-order valence-corrected chi connectivity index (χ4v) is 3.05. The van der Waals surface area contributed by atoms with Gasteiger partial charge in [-0.15, -0.1) is 0 Å². The van der Waals surface area contributed by atoms with Crippen molar-refractivity contribution < 1.29 is 22.7 Å². The zero-order valence-corrected chi connectivity index (χ0v) is 12.4. The van der Waals surface area contributed by atoms with Crippen molar-refractivity contribution in [3.63, 3.8) is 0 Å². The van der Waals surface area contributed by atoms with Crippen molar-refractivity contribution in [3.05, 3.63) is 47.9 Å². The minimum Gasteiger partial charge on any atom is -0.495 e. The van der Waals surface area contributed by atoms with Gasteiger partial charge >= 0.3 is 0 Å². The van der Waals surface area contributed by atoms with Gasteiger partial charge in [0.15, 0.2) is 0 Å². The molecule has 2 N–H and O–H groups in total. The molecule has 0 aliphatic carbocycles. The number of sulfonamides is 1. The van der Waals surface area contributed by atoms with Crippen LogP contribution in [0.15, 0.2) is 45.9 Å². The molecule has 0 spiro atoms. The smallest absolute Gasteiger partial charge is 0.244 e. The van der Waals surface area contributed by atoms with Crippen LogP contribution in [0.25, 0.3) is 0 Å². The van der Waals surface area contributed by atoms with Crippen LogP contribution in [0.1, 0.15) is 11.3 Å². The molecular weight excluding hydrogens is 294 g/mol. The Bertz CT molecular complexity index is 679. The molecule has 0 aliphatic rings. The van der Waals surface area contributed by atoms with Crippen LogP contribution in [0.3, 0.4) is 0 Å². The first-order valence-electron chi connectivity index (χ1n) is 6.36. The molecule has 114 valence electrons. The Morgan fingerprint density at radius 3 is 2.76 bits per heavy atom. The van der Waals surface area contributed by atoms with Crippen LogP contribution in [0.4, 0.5) is 0 Å². The van der Waals surface area contributed by atoms with E-state index < -0.39 is 10.0 Å². The van der Waals surface area contributed by atoms with E-state index in [1.807, 2.05) is 0 Å². The van der Waals surface area contributed by atoms with E-state index in [9.17, 15) is 8.42 Å². The highest BCUT2D eigenvalue weighted by Gasteiger charge is 2.19. The average molecular weight is 311 g/mol. The maximum atomic E-state index is 12.3. The van der Waals surface area contributed by atoms with Gasteiger partial charge in [0.2, 0.25) is 10.0 Å². The number of hydrogen-bond acceptors (Lipinski definition) is 5. The highest BCUT2D eigenvalue weighted by molar-refractivity contribution is 7.89. The number of methoxy groups -OCH3 is 1. The number of furan rings is 1. The number of aliphatic hydroxyl groups excluding tert-OH is 1. The van der Waals surface area contributed by atoms with Gasteiger partial charge in [0.25, 0.3) is 0 Å². The standard InChI is InChI=1S/C14H17NO5S/c1-19-13-9-11(10-16)4-5-14(13)21(17,18)15-7-6-12-3-2-8-20-12/h2-5,8-9,15-16H,6-7,10H2,1H3. The molecule has 0 saturated carbocycles. The summed E-state index contributed by atoms with van der Waals surface area (Å²) >= 11 is 0. The molecule has 0 unspecified atom stereocenters. The summed E-state index contributed by atoms with van der Waals surface area (Å²) in [5.41, 5.74) is 0.585. The van der Waals surface area contributed by atoms with Gasteiger partial charge in [-0.05, 0) is 29.8 Å². The molecule has 6 nitrogen and oxygen atoms in total.